The largest absolute Gasteiger partial charge is 0.493 e. The standard InChI is InChI=1S/C10H13F2NO2/c1-14-8-5-3-4-7(9(8)15-2)10(11,12)6-13/h3-5H,6,13H2,1-2H3. The van der Waals surface area contributed by atoms with Gasteiger partial charge in [-0.3, -0.25) is 0 Å². The number of ether oxygens (including phenoxy) is 2. The van der Waals surface area contributed by atoms with Gasteiger partial charge >= 0.3 is 0 Å². The summed E-state index contributed by atoms with van der Waals surface area (Å²) in [5.74, 6) is -2.82. The van der Waals surface area contributed by atoms with E-state index in [9.17, 15) is 8.78 Å². The molecule has 0 radical (unpaired) electrons. The molecule has 0 fully saturated rings. The molecule has 15 heavy (non-hydrogen) atoms. The number of para-hydroxylation sites is 1. The molecule has 0 saturated heterocycles. The van der Waals surface area contributed by atoms with Gasteiger partial charge in [-0.2, -0.15) is 8.78 Å². The van der Waals surface area contributed by atoms with E-state index < -0.39 is 12.5 Å². The Bertz CT molecular complexity index is 342. The average Bonchev–Trinajstić information content (AvgIpc) is 2.27. The third-order valence-electron chi connectivity index (χ3n) is 2.05. The predicted molar refractivity (Wildman–Crippen MR) is 52.5 cm³/mol. The maximum atomic E-state index is 13.4. The molecule has 0 bridgehead atoms. The number of alkyl halides is 2. The van der Waals surface area contributed by atoms with E-state index in [1.165, 1.54) is 26.4 Å². The molecule has 0 saturated carbocycles. The third-order valence-corrected chi connectivity index (χ3v) is 2.05. The van der Waals surface area contributed by atoms with E-state index in [1.54, 1.807) is 6.07 Å². The van der Waals surface area contributed by atoms with Crippen LogP contribution in [0.25, 0.3) is 0 Å². The minimum absolute atomic E-state index is 0.0236. The summed E-state index contributed by atoms with van der Waals surface area (Å²) in [7, 11) is 2.70. The van der Waals surface area contributed by atoms with Crippen molar-refractivity contribution in [2.75, 3.05) is 20.8 Å². The van der Waals surface area contributed by atoms with Gasteiger partial charge in [0, 0.05) is 0 Å². The summed E-state index contributed by atoms with van der Waals surface area (Å²) in [6.07, 6.45) is 0. The molecule has 84 valence electrons. The highest BCUT2D eigenvalue weighted by molar-refractivity contribution is 5.48. The molecule has 0 aliphatic carbocycles. The maximum Gasteiger partial charge on any atom is 0.288 e. The second-order valence-electron chi connectivity index (χ2n) is 2.95. The van der Waals surface area contributed by atoms with Crippen LogP contribution < -0.4 is 15.2 Å². The van der Waals surface area contributed by atoms with Crippen LogP contribution in [-0.2, 0) is 5.92 Å². The Kier molecular flexibility index (Phi) is 3.47. The van der Waals surface area contributed by atoms with Gasteiger partial charge in [0.15, 0.2) is 11.5 Å². The molecule has 2 N–H and O–H groups in total. The lowest BCUT2D eigenvalue weighted by atomic mass is 10.1. The van der Waals surface area contributed by atoms with E-state index in [0.29, 0.717) is 0 Å². The van der Waals surface area contributed by atoms with Crippen molar-refractivity contribution in [2.24, 2.45) is 5.73 Å². The first kappa shape index (κ1) is 11.7. The fourth-order valence-corrected chi connectivity index (χ4v) is 1.29. The van der Waals surface area contributed by atoms with E-state index in [-0.39, 0.29) is 17.1 Å². The van der Waals surface area contributed by atoms with E-state index >= 15 is 0 Å². The van der Waals surface area contributed by atoms with Gasteiger partial charge in [-0.25, -0.2) is 0 Å². The minimum Gasteiger partial charge on any atom is -0.493 e. The van der Waals surface area contributed by atoms with Gasteiger partial charge < -0.3 is 15.2 Å². The molecule has 0 spiro atoms. The second kappa shape index (κ2) is 4.44. The number of halogens is 2. The van der Waals surface area contributed by atoms with Crippen LogP contribution in [0.4, 0.5) is 8.78 Å². The molecule has 0 aliphatic heterocycles. The topological polar surface area (TPSA) is 44.5 Å². The lowest BCUT2D eigenvalue weighted by Gasteiger charge is -2.19. The third kappa shape index (κ3) is 2.18. The lowest BCUT2D eigenvalue weighted by Crippen LogP contribution is -2.25. The Labute approximate surface area is 86.8 Å². The van der Waals surface area contributed by atoms with Crippen LogP contribution >= 0.6 is 0 Å². The minimum atomic E-state index is -3.11. The normalized spacial score (nSPS) is 11.3. The molecular weight excluding hydrogens is 204 g/mol. The van der Waals surface area contributed by atoms with Crippen molar-refractivity contribution < 1.29 is 18.3 Å². The van der Waals surface area contributed by atoms with Crippen LogP contribution in [0, 0.1) is 0 Å². The summed E-state index contributed by atoms with van der Waals surface area (Å²) >= 11 is 0. The Hall–Kier alpha value is -1.36. The SMILES string of the molecule is COc1cccc(C(F)(F)CN)c1OC. The monoisotopic (exact) mass is 217 g/mol. The summed E-state index contributed by atoms with van der Waals surface area (Å²) in [4.78, 5) is 0. The number of rotatable bonds is 4. The molecule has 1 rings (SSSR count). The van der Waals surface area contributed by atoms with Gasteiger partial charge in [-0.05, 0) is 12.1 Å². The van der Waals surface area contributed by atoms with Crippen molar-refractivity contribution >= 4 is 0 Å². The van der Waals surface area contributed by atoms with Crippen LogP contribution in [0.15, 0.2) is 18.2 Å². The Morgan fingerprint density at radius 1 is 1.27 bits per heavy atom. The van der Waals surface area contributed by atoms with Crippen LogP contribution in [0.2, 0.25) is 0 Å². The van der Waals surface area contributed by atoms with Crippen LogP contribution in [0.1, 0.15) is 5.56 Å². The van der Waals surface area contributed by atoms with Gasteiger partial charge in [0.1, 0.15) is 0 Å². The molecule has 0 atom stereocenters. The van der Waals surface area contributed by atoms with Crippen molar-refractivity contribution in [1.82, 2.24) is 0 Å². The molecule has 1 aromatic rings. The highest BCUT2D eigenvalue weighted by Gasteiger charge is 2.34. The van der Waals surface area contributed by atoms with E-state index in [2.05, 4.69) is 0 Å². The van der Waals surface area contributed by atoms with Gasteiger partial charge in [-0.15, -0.1) is 0 Å². The highest BCUT2D eigenvalue weighted by atomic mass is 19.3. The van der Waals surface area contributed by atoms with Crippen molar-refractivity contribution in [2.45, 2.75) is 5.92 Å². The molecule has 1 aromatic carbocycles. The maximum absolute atomic E-state index is 13.4. The van der Waals surface area contributed by atoms with Crippen LogP contribution in [0.5, 0.6) is 11.5 Å². The molecule has 0 aliphatic rings. The smallest absolute Gasteiger partial charge is 0.288 e. The number of hydrogen-bond donors (Lipinski definition) is 1. The van der Waals surface area contributed by atoms with Crippen molar-refractivity contribution in [1.29, 1.82) is 0 Å². The molecule has 0 heterocycles. The summed E-state index contributed by atoms with van der Waals surface area (Å²) < 4.78 is 36.6. The zero-order valence-corrected chi connectivity index (χ0v) is 8.59. The molecule has 0 amide bonds. The predicted octanol–water partition coefficient (Wildman–Crippen LogP) is 1.75. The van der Waals surface area contributed by atoms with Crippen LogP contribution in [0.3, 0.4) is 0 Å². The fourth-order valence-electron chi connectivity index (χ4n) is 1.29. The van der Waals surface area contributed by atoms with Crippen molar-refractivity contribution in [3.63, 3.8) is 0 Å². The van der Waals surface area contributed by atoms with E-state index in [4.69, 9.17) is 15.2 Å². The van der Waals surface area contributed by atoms with Gasteiger partial charge in [0.25, 0.3) is 5.92 Å². The lowest BCUT2D eigenvalue weighted by molar-refractivity contribution is 0.00338. The Morgan fingerprint density at radius 3 is 2.40 bits per heavy atom. The second-order valence-corrected chi connectivity index (χ2v) is 2.95. The first-order valence-electron chi connectivity index (χ1n) is 4.36. The van der Waals surface area contributed by atoms with Crippen molar-refractivity contribution in [3.8, 4) is 11.5 Å². The number of nitrogens with two attached hydrogens (primary N) is 1. The van der Waals surface area contributed by atoms with Gasteiger partial charge in [0.05, 0.1) is 26.3 Å². The quantitative estimate of drug-likeness (QED) is 0.835. The Balaban J connectivity index is 3.29. The molecule has 0 aromatic heterocycles. The zero-order chi connectivity index (χ0) is 11.5. The summed E-state index contributed by atoms with van der Waals surface area (Å²) in [6, 6.07) is 4.30. The van der Waals surface area contributed by atoms with E-state index in [0.717, 1.165) is 0 Å². The van der Waals surface area contributed by atoms with Crippen molar-refractivity contribution in [3.05, 3.63) is 23.8 Å². The molecule has 5 heteroatoms. The van der Waals surface area contributed by atoms with Gasteiger partial charge in [0.2, 0.25) is 0 Å². The summed E-state index contributed by atoms with van der Waals surface area (Å²) in [6.45, 7) is -0.767. The van der Waals surface area contributed by atoms with E-state index in [1.807, 2.05) is 0 Å². The zero-order valence-electron chi connectivity index (χ0n) is 8.59. The average molecular weight is 217 g/mol. The molecular formula is C10H13F2NO2. The van der Waals surface area contributed by atoms with Crippen LogP contribution in [-0.4, -0.2) is 20.8 Å². The van der Waals surface area contributed by atoms with Gasteiger partial charge in [-0.1, -0.05) is 6.07 Å². The first-order chi connectivity index (χ1) is 7.06. The number of methoxy groups -OCH3 is 2. The molecule has 0 unspecified atom stereocenters. The highest BCUT2D eigenvalue weighted by Crippen LogP contribution is 2.39. The number of hydrogen-bond acceptors (Lipinski definition) is 3. The summed E-state index contributed by atoms with van der Waals surface area (Å²) in [5, 5.41) is 0. The Morgan fingerprint density at radius 2 is 1.93 bits per heavy atom. The number of benzene rings is 1. The first-order valence-corrected chi connectivity index (χ1v) is 4.36. The molecule has 3 nitrogen and oxygen atoms in total. The summed E-state index contributed by atoms with van der Waals surface area (Å²) in [5.41, 5.74) is 4.75. The fraction of sp³-hybridized carbons (Fsp3) is 0.400.